The molecule has 4 atom stereocenters. The molecule has 58 valence electrons. The van der Waals surface area contributed by atoms with Crippen molar-refractivity contribution in [2.75, 3.05) is 6.61 Å². The Morgan fingerprint density at radius 2 is 2.30 bits per heavy atom. The molecule has 0 radical (unpaired) electrons. The molecule has 0 bridgehead atoms. The van der Waals surface area contributed by atoms with Crippen molar-refractivity contribution in [2.24, 2.45) is 11.8 Å². The van der Waals surface area contributed by atoms with Crippen LogP contribution < -0.4 is 0 Å². The van der Waals surface area contributed by atoms with Crippen LogP contribution in [0.3, 0.4) is 0 Å². The second kappa shape index (κ2) is 2.21. The largest absolute Gasteiger partial charge is 0.396 e. The molecule has 2 fully saturated rings. The molecule has 0 aromatic carbocycles. The molecule has 0 amide bonds. The lowest BCUT2D eigenvalue weighted by Gasteiger charge is -2.20. The zero-order chi connectivity index (χ0) is 7.14. The summed E-state index contributed by atoms with van der Waals surface area (Å²) in [6.07, 6.45) is 3.28. The molecular weight excluding hydrogens is 128 g/mol. The van der Waals surface area contributed by atoms with Crippen molar-refractivity contribution in [3.8, 4) is 0 Å². The van der Waals surface area contributed by atoms with Crippen molar-refractivity contribution in [3.05, 3.63) is 0 Å². The van der Waals surface area contributed by atoms with Crippen molar-refractivity contribution in [2.45, 2.75) is 32.0 Å². The molecule has 2 rings (SSSR count). The molecule has 0 aromatic rings. The number of hydrogen-bond acceptors (Lipinski definition) is 2. The SMILES string of the molecule is CC1CC(CO)CC2OC12. The number of aliphatic hydroxyl groups is 1. The highest BCUT2D eigenvalue weighted by molar-refractivity contribution is 4.95. The second-order valence-electron chi connectivity index (χ2n) is 3.64. The van der Waals surface area contributed by atoms with E-state index in [0.717, 1.165) is 12.8 Å². The molecule has 2 aliphatic rings. The van der Waals surface area contributed by atoms with E-state index in [9.17, 15) is 0 Å². The first kappa shape index (κ1) is 6.62. The van der Waals surface area contributed by atoms with Crippen molar-refractivity contribution >= 4 is 0 Å². The van der Waals surface area contributed by atoms with Crippen LogP contribution >= 0.6 is 0 Å². The second-order valence-corrected chi connectivity index (χ2v) is 3.64. The lowest BCUT2D eigenvalue weighted by molar-refractivity contribution is 0.180. The van der Waals surface area contributed by atoms with Crippen LogP contribution in [0.25, 0.3) is 0 Å². The number of rotatable bonds is 1. The van der Waals surface area contributed by atoms with E-state index in [1.54, 1.807) is 0 Å². The molecule has 2 heteroatoms. The maximum absolute atomic E-state index is 8.89. The Morgan fingerprint density at radius 1 is 1.50 bits per heavy atom. The third kappa shape index (κ3) is 0.956. The van der Waals surface area contributed by atoms with Crippen LogP contribution in [0.5, 0.6) is 0 Å². The van der Waals surface area contributed by atoms with E-state index in [2.05, 4.69) is 6.92 Å². The molecule has 0 spiro atoms. The lowest BCUT2D eigenvalue weighted by Crippen LogP contribution is -2.23. The van der Waals surface area contributed by atoms with E-state index in [4.69, 9.17) is 9.84 Å². The van der Waals surface area contributed by atoms with Crippen LogP contribution in [0, 0.1) is 11.8 Å². The first-order valence-corrected chi connectivity index (χ1v) is 4.07. The average molecular weight is 142 g/mol. The van der Waals surface area contributed by atoms with Crippen LogP contribution in [-0.2, 0) is 4.74 Å². The van der Waals surface area contributed by atoms with Crippen molar-refractivity contribution in [1.82, 2.24) is 0 Å². The van der Waals surface area contributed by atoms with E-state index in [1.807, 2.05) is 0 Å². The van der Waals surface area contributed by atoms with Gasteiger partial charge in [0.1, 0.15) is 0 Å². The van der Waals surface area contributed by atoms with E-state index in [-0.39, 0.29) is 0 Å². The first-order valence-electron chi connectivity index (χ1n) is 4.07. The molecule has 1 heterocycles. The predicted octanol–water partition coefficient (Wildman–Crippen LogP) is 0.792. The molecule has 1 aliphatic heterocycles. The molecule has 1 saturated carbocycles. The van der Waals surface area contributed by atoms with Gasteiger partial charge in [-0.05, 0) is 24.7 Å². The van der Waals surface area contributed by atoms with Gasteiger partial charge in [-0.2, -0.15) is 0 Å². The van der Waals surface area contributed by atoms with Crippen LogP contribution in [0.15, 0.2) is 0 Å². The van der Waals surface area contributed by atoms with Gasteiger partial charge < -0.3 is 9.84 Å². The Balaban J connectivity index is 1.93. The van der Waals surface area contributed by atoms with Crippen LogP contribution in [0.2, 0.25) is 0 Å². The molecule has 0 aromatic heterocycles. The summed E-state index contributed by atoms with van der Waals surface area (Å²) in [6.45, 7) is 2.56. The van der Waals surface area contributed by atoms with E-state index < -0.39 is 0 Å². The fraction of sp³-hybridized carbons (Fsp3) is 1.00. The summed E-state index contributed by atoms with van der Waals surface area (Å²) >= 11 is 0. The number of ether oxygens (including phenoxy) is 1. The predicted molar refractivity (Wildman–Crippen MR) is 37.6 cm³/mol. The lowest BCUT2D eigenvalue weighted by atomic mass is 9.83. The summed E-state index contributed by atoms with van der Waals surface area (Å²) in [6, 6.07) is 0. The fourth-order valence-electron chi connectivity index (χ4n) is 2.08. The molecule has 1 N–H and O–H groups in total. The van der Waals surface area contributed by atoms with Crippen LogP contribution in [0.1, 0.15) is 19.8 Å². The summed E-state index contributed by atoms with van der Waals surface area (Å²) in [5, 5.41) is 8.89. The van der Waals surface area contributed by atoms with E-state index >= 15 is 0 Å². The molecule has 4 unspecified atom stereocenters. The van der Waals surface area contributed by atoms with Gasteiger partial charge in [0.2, 0.25) is 0 Å². The third-order valence-electron chi connectivity index (χ3n) is 2.71. The maximum Gasteiger partial charge on any atom is 0.0867 e. The standard InChI is InChI=1S/C8H14O2/c1-5-2-6(4-9)3-7-8(5)10-7/h5-9H,2-4H2,1H3. The Labute approximate surface area is 61.2 Å². The Bertz CT molecular complexity index is 135. The average Bonchev–Trinajstić information content (AvgIpc) is 2.66. The Morgan fingerprint density at radius 3 is 2.90 bits per heavy atom. The van der Waals surface area contributed by atoms with Crippen molar-refractivity contribution in [1.29, 1.82) is 0 Å². The summed E-state index contributed by atoms with van der Waals surface area (Å²) in [5.74, 6) is 1.19. The fourth-order valence-corrected chi connectivity index (χ4v) is 2.08. The molecule has 1 saturated heterocycles. The maximum atomic E-state index is 8.89. The van der Waals surface area contributed by atoms with Gasteiger partial charge in [-0.25, -0.2) is 0 Å². The third-order valence-corrected chi connectivity index (χ3v) is 2.71. The minimum atomic E-state index is 0.344. The van der Waals surface area contributed by atoms with Crippen molar-refractivity contribution in [3.63, 3.8) is 0 Å². The summed E-state index contributed by atoms with van der Waals surface area (Å²) < 4.78 is 5.41. The van der Waals surface area contributed by atoms with Gasteiger partial charge in [0.05, 0.1) is 12.2 Å². The number of hydrogen-bond donors (Lipinski definition) is 1. The van der Waals surface area contributed by atoms with Gasteiger partial charge in [-0.3, -0.25) is 0 Å². The topological polar surface area (TPSA) is 32.8 Å². The Kier molecular flexibility index (Phi) is 1.46. The van der Waals surface area contributed by atoms with E-state index in [0.29, 0.717) is 30.7 Å². The Hall–Kier alpha value is -0.0800. The quantitative estimate of drug-likeness (QED) is 0.549. The summed E-state index contributed by atoms with van der Waals surface area (Å²) in [4.78, 5) is 0. The van der Waals surface area contributed by atoms with Crippen molar-refractivity contribution < 1.29 is 9.84 Å². The minimum Gasteiger partial charge on any atom is -0.396 e. The van der Waals surface area contributed by atoms with E-state index in [1.165, 1.54) is 0 Å². The molecule has 2 nitrogen and oxygen atoms in total. The van der Waals surface area contributed by atoms with Gasteiger partial charge in [0.25, 0.3) is 0 Å². The van der Waals surface area contributed by atoms with Gasteiger partial charge >= 0.3 is 0 Å². The highest BCUT2D eigenvalue weighted by atomic mass is 16.6. The smallest absolute Gasteiger partial charge is 0.0867 e. The normalized spacial score (nSPS) is 52.2. The zero-order valence-electron chi connectivity index (χ0n) is 6.29. The first-order chi connectivity index (χ1) is 4.81. The van der Waals surface area contributed by atoms with Crippen LogP contribution in [0.4, 0.5) is 0 Å². The van der Waals surface area contributed by atoms with Crippen LogP contribution in [-0.4, -0.2) is 23.9 Å². The number of aliphatic hydroxyl groups excluding tert-OH is 1. The minimum absolute atomic E-state index is 0.344. The molecule has 10 heavy (non-hydrogen) atoms. The van der Waals surface area contributed by atoms with Gasteiger partial charge in [-0.1, -0.05) is 6.92 Å². The summed E-state index contributed by atoms with van der Waals surface area (Å²) in [7, 11) is 0. The molecular formula is C8H14O2. The van der Waals surface area contributed by atoms with Gasteiger partial charge in [0.15, 0.2) is 0 Å². The van der Waals surface area contributed by atoms with Gasteiger partial charge in [-0.15, -0.1) is 0 Å². The number of epoxide rings is 1. The zero-order valence-corrected chi connectivity index (χ0v) is 6.29. The highest BCUT2D eigenvalue weighted by Crippen LogP contribution is 2.42. The number of fused-ring (bicyclic) bond motifs is 1. The molecule has 1 aliphatic carbocycles. The van der Waals surface area contributed by atoms with Gasteiger partial charge in [0, 0.05) is 6.61 Å². The summed E-state index contributed by atoms with van der Waals surface area (Å²) in [5.41, 5.74) is 0. The highest BCUT2D eigenvalue weighted by Gasteiger charge is 2.47. The monoisotopic (exact) mass is 142 g/mol.